The predicted octanol–water partition coefficient (Wildman–Crippen LogP) is 3.38. The Morgan fingerprint density at radius 2 is 1.89 bits per heavy atom. The van der Waals surface area contributed by atoms with E-state index < -0.39 is 0 Å². The van der Waals surface area contributed by atoms with Crippen molar-refractivity contribution in [1.82, 2.24) is 10.6 Å². The van der Waals surface area contributed by atoms with E-state index in [1.807, 2.05) is 42.5 Å². The largest absolute Gasteiger partial charge is 0.454 e. The summed E-state index contributed by atoms with van der Waals surface area (Å²) in [6.45, 7) is 4.68. The van der Waals surface area contributed by atoms with Crippen molar-refractivity contribution in [3.8, 4) is 11.5 Å². The standard InChI is InChI=1S/C21H26N2O4/c1-2-11-25-14-18-6-4-3-5-17(18)13-23-21(24)22-10-9-16-7-8-19-20(12-16)27-15-26-19/h3-8,12H,2,9-11,13-15H2,1H3,(H2,22,23,24). The highest BCUT2D eigenvalue weighted by molar-refractivity contribution is 5.73. The van der Waals surface area contributed by atoms with Crippen LogP contribution in [0, 0.1) is 0 Å². The van der Waals surface area contributed by atoms with Crippen LogP contribution >= 0.6 is 0 Å². The summed E-state index contributed by atoms with van der Waals surface area (Å²) >= 11 is 0. The number of hydrogen-bond donors (Lipinski definition) is 2. The lowest BCUT2D eigenvalue weighted by molar-refractivity contribution is 0.121. The van der Waals surface area contributed by atoms with Crippen LogP contribution in [0.4, 0.5) is 4.79 Å². The Morgan fingerprint density at radius 3 is 2.74 bits per heavy atom. The molecule has 0 spiro atoms. The third-order valence-electron chi connectivity index (χ3n) is 4.30. The lowest BCUT2D eigenvalue weighted by Crippen LogP contribution is -2.36. The maximum atomic E-state index is 12.1. The van der Waals surface area contributed by atoms with Crippen LogP contribution in [0.25, 0.3) is 0 Å². The quantitative estimate of drug-likeness (QED) is 0.664. The maximum absolute atomic E-state index is 12.1. The van der Waals surface area contributed by atoms with Crippen LogP contribution in [0.2, 0.25) is 0 Å². The number of benzene rings is 2. The van der Waals surface area contributed by atoms with Gasteiger partial charge in [-0.1, -0.05) is 37.3 Å². The van der Waals surface area contributed by atoms with Crippen LogP contribution < -0.4 is 20.1 Å². The van der Waals surface area contributed by atoms with Crippen LogP contribution in [-0.2, 0) is 24.3 Å². The summed E-state index contributed by atoms with van der Waals surface area (Å²) < 4.78 is 16.3. The molecule has 2 aromatic rings. The van der Waals surface area contributed by atoms with E-state index >= 15 is 0 Å². The molecule has 1 aliphatic rings. The van der Waals surface area contributed by atoms with Crippen molar-refractivity contribution in [2.45, 2.75) is 32.9 Å². The Bertz CT molecular complexity index is 764. The fraction of sp³-hybridized carbons (Fsp3) is 0.381. The van der Waals surface area contributed by atoms with Crippen molar-refractivity contribution in [2.75, 3.05) is 19.9 Å². The zero-order valence-electron chi connectivity index (χ0n) is 15.6. The number of carbonyl (C=O) groups is 1. The van der Waals surface area contributed by atoms with Crippen molar-refractivity contribution < 1.29 is 19.0 Å². The van der Waals surface area contributed by atoms with E-state index in [9.17, 15) is 4.79 Å². The van der Waals surface area contributed by atoms with Gasteiger partial charge in [-0.2, -0.15) is 0 Å². The SMILES string of the molecule is CCCOCc1ccccc1CNC(=O)NCCc1ccc2c(c1)OCO2. The molecule has 0 saturated carbocycles. The molecule has 0 radical (unpaired) electrons. The Morgan fingerprint density at radius 1 is 1.07 bits per heavy atom. The van der Waals surface area contributed by atoms with Crippen LogP contribution in [0.3, 0.4) is 0 Å². The minimum Gasteiger partial charge on any atom is -0.454 e. The average Bonchev–Trinajstić information content (AvgIpc) is 3.15. The van der Waals surface area contributed by atoms with Crippen molar-refractivity contribution in [3.05, 3.63) is 59.2 Å². The van der Waals surface area contributed by atoms with Crippen molar-refractivity contribution >= 4 is 6.03 Å². The van der Waals surface area contributed by atoms with E-state index in [2.05, 4.69) is 17.6 Å². The van der Waals surface area contributed by atoms with Crippen LogP contribution in [0.5, 0.6) is 11.5 Å². The van der Waals surface area contributed by atoms with Gasteiger partial charge in [0.15, 0.2) is 11.5 Å². The normalized spacial score (nSPS) is 12.0. The van der Waals surface area contributed by atoms with Gasteiger partial charge in [0, 0.05) is 19.7 Å². The lowest BCUT2D eigenvalue weighted by atomic mass is 10.1. The Kier molecular flexibility index (Phi) is 6.93. The minimum absolute atomic E-state index is 0.181. The van der Waals surface area contributed by atoms with Gasteiger partial charge in [0.05, 0.1) is 6.61 Å². The number of carbonyl (C=O) groups excluding carboxylic acids is 1. The molecule has 0 bridgehead atoms. The van der Waals surface area contributed by atoms with Gasteiger partial charge < -0.3 is 24.8 Å². The molecule has 0 saturated heterocycles. The molecular weight excluding hydrogens is 344 g/mol. The number of rotatable bonds is 9. The third-order valence-corrected chi connectivity index (χ3v) is 4.30. The summed E-state index contributed by atoms with van der Waals surface area (Å²) in [4.78, 5) is 12.1. The second-order valence-corrected chi connectivity index (χ2v) is 6.37. The highest BCUT2D eigenvalue weighted by Gasteiger charge is 2.13. The average molecular weight is 370 g/mol. The summed E-state index contributed by atoms with van der Waals surface area (Å²) in [5.74, 6) is 1.53. The number of urea groups is 1. The first-order valence-corrected chi connectivity index (χ1v) is 9.31. The monoisotopic (exact) mass is 370 g/mol. The first kappa shape index (κ1) is 19.0. The first-order chi connectivity index (χ1) is 13.3. The molecule has 2 amide bonds. The van der Waals surface area contributed by atoms with Crippen molar-refractivity contribution in [1.29, 1.82) is 0 Å². The van der Waals surface area contributed by atoms with Crippen LogP contribution in [0.15, 0.2) is 42.5 Å². The molecule has 0 atom stereocenters. The van der Waals surface area contributed by atoms with E-state index in [0.29, 0.717) is 19.7 Å². The molecule has 2 aromatic carbocycles. The fourth-order valence-electron chi connectivity index (χ4n) is 2.85. The molecule has 144 valence electrons. The van der Waals surface area contributed by atoms with Crippen LogP contribution in [0.1, 0.15) is 30.0 Å². The summed E-state index contributed by atoms with van der Waals surface area (Å²) in [6.07, 6.45) is 1.72. The fourth-order valence-corrected chi connectivity index (χ4v) is 2.85. The number of amides is 2. The summed E-state index contributed by atoms with van der Waals surface area (Å²) in [6, 6.07) is 13.7. The lowest BCUT2D eigenvalue weighted by Gasteiger charge is -2.12. The molecular formula is C21H26N2O4. The summed E-state index contributed by atoms with van der Waals surface area (Å²) in [5.41, 5.74) is 3.27. The minimum atomic E-state index is -0.181. The summed E-state index contributed by atoms with van der Waals surface area (Å²) in [5, 5.41) is 5.79. The summed E-state index contributed by atoms with van der Waals surface area (Å²) in [7, 11) is 0. The molecule has 0 unspecified atom stereocenters. The van der Waals surface area contributed by atoms with Gasteiger partial charge in [-0.25, -0.2) is 4.79 Å². The van der Waals surface area contributed by atoms with Gasteiger partial charge in [-0.05, 0) is 41.7 Å². The second-order valence-electron chi connectivity index (χ2n) is 6.37. The zero-order chi connectivity index (χ0) is 18.9. The van der Waals surface area contributed by atoms with Gasteiger partial charge in [0.25, 0.3) is 0 Å². The van der Waals surface area contributed by atoms with E-state index in [-0.39, 0.29) is 12.8 Å². The predicted molar refractivity (Wildman–Crippen MR) is 103 cm³/mol. The molecule has 0 fully saturated rings. The van der Waals surface area contributed by atoms with E-state index in [1.54, 1.807) is 0 Å². The van der Waals surface area contributed by atoms with Crippen LogP contribution in [-0.4, -0.2) is 26.0 Å². The smallest absolute Gasteiger partial charge is 0.315 e. The van der Waals surface area contributed by atoms with E-state index in [0.717, 1.165) is 47.6 Å². The molecule has 0 aromatic heterocycles. The topological polar surface area (TPSA) is 68.8 Å². The highest BCUT2D eigenvalue weighted by atomic mass is 16.7. The van der Waals surface area contributed by atoms with Gasteiger partial charge >= 0.3 is 6.03 Å². The Hall–Kier alpha value is -2.73. The first-order valence-electron chi connectivity index (χ1n) is 9.31. The molecule has 6 heteroatoms. The molecule has 0 aliphatic carbocycles. The highest BCUT2D eigenvalue weighted by Crippen LogP contribution is 2.32. The molecule has 1 heterocycles. The number of hydrogen-bond acceptors (Lipinski definition) is 4. The van der Waals surface area contributed by atoms with E-state index in [4.69, 9.17) is 14.2 Å². The van der Waals surface area contributed by atoms with Gasteiger partial charge in [-0.15, -0.1) is 0 Å². The Balaban J connectivity index is 1.41. The van der Waals surface area contributed by atoms with Gasteiger partial charge in [-0.3, -0.25) is 0 Å². The van der Waals surface area contributed by atoms with Crippen molar-refractivity contribution in [3.63, 3.8) is 0 Å². The number of fused-ring (bicyclic) bond motifs is 1. The zero-order valence-corrected chi connectivity index (χ0v) is 15.6. The number of ether oxygens (including phenoxy) is 3. The van der Waals surface area contributed by atoms with Crippen molar-refractivity contribution in [2.24, 2.45) is 0 Å². The molecule has 1 aliphatic heterocycles. The third kappa shape index (κ3) is 5.62. The molecule has 3 rings (SSSR count). The Labute approximate surface area is 159 Å². The van der Waals surface area contributed by atoms with Gasteiger partial charge in [0.2, 0.25) is 6.79 Å². The molecule has 6 nitrogen and oxygen atoms in total. The van der Waals surface area contributed by atoms with Gasteiger partial charge in [0.1, 0.15) is 0 Å². The molecule has 2 N–H and O–H groups in total. The maximum Gasteiger partial charge on any atom is 0.315 e. The number of nitrogens with one attached hydrogen (secondary N) is 2. The van der Waals surface area contributed by atoms with E-state index in [1.165, 1.54) is 0 Å². The second kappa shape index (κ2) is 9.83. The molecule has 27 heavy (non-hydrogen) atoms.